The van der Waals surface area contributed by atoms with Crippen LogP contribution < -0.4 is 0 Å². The van der Waals surface area contributed by atoms with Crippen molar-refractivity contribution in [3.05, 3.63) is 61.4 Å². The number of benzene rings is 2. The quantitative estimate of drug-likeness (QED) is 0.512. The molecule has 1 heterocycles. The van der Waals surface area contributed by atoms with Crippen LogP contribution in [0, 0.1) is 5.82 Å². The van der Waals surface area contributed by atoms with E-state index in [-0.39, 0.29) is 16.4 Å². The highest BCUT2D eigenvalue weighted by Crippen LogP contribution is 2.35. The minimum Gasteiger partial charge on any atom is -0.288 e. The smallest absolute Gasteiger partial charge is 0.196 e. The number of nitrogens with zero attached hydrogens (tertiary/aromatic N) is 2. The molecule has 0 spiro atoms. The molecular formula is C15H8Br2ClFN2O. The van der Waals surface area contributed by atoms with Gasteiger partial charge in [-0.05, 0) is 56.1 Å². The number of ketones is 1. The van der Waals surface area contributed by atoms with Crippen molar-refractivity contribution < 1.29 is 9.18 Å². The van der Waals surface area contributed by atoms with Crippen LogP contribution in [0.5, 0.6) is 0 Å². The van der Waals surface area contributed by atoms with E-state index in [1.165, 1.54) is 12.1 Å². The summed E-state index contributed by atoms with van der Waals surface area (Å²) >= 11 is 12.9. The maximum atomic E-state index is 13.4. The van der Waals surface area contributed by atoms with Crippen molar-refractivity contribution in [1.29, 1.82) is 0 Å². The van der Waals surface area contributed by atoms with Crippen LogP contribution >= 0.6 is 43.5 Å². The molecule has 0 aliphatic carbocycles. The molecule has 3 aromatic rings. The number of hydrogen-bond donors (Lipinski definition) is 0. The first-order chi connectivity index (χ1) is 10.4. The number of hydrogen-bond acceptors (Lipinski definition) is 2. The van der Waals surface area contributed by atoms with E-state index >= 15 is 0 Å². The summed E-state index contributed by atoms with van der Waals surface area (Å²) in [5.74, 6) is -0.878. The normalized spacial score (nSPS) is 11.1. The van der Waals surface area contributed by atoms with Crippen LogP contribution in [0.25, 0.3) is 10.9 Å². The van der Waals surface area contributed by atoms with Crippen LogP contribution in [0.1, 0.15) is 15.9 Å². The van der Waals surface area contributed by atoms with Gasteiger partial charge in [0, 0.05) is 33.1 Å². The second kappa shape index (κ2) is 5.76. The third kappa shape index (κ3) is 2.59. The Morgan fingerprint density at radius 1 is 1.32 bits per heavy atom. The lowest BCUT2D eigenvalue weighted by Crippen LogP contribution is -2.05. The maximum Gasteiger partial charge on any atom is 0.196 e. The molecule has 0 atom stereocenters. The first-order valence-corrected chi connectivity index (χ1v) is 8.16. The van der Waals surface area contributed by atoms with E-state index in [1.807, 2.05) is 0 Å². The van der Waals surface area contributed by atoms with Gasteiger partial charge in [-0.25, -0.2) is 4.39 Å². The van der Waals surface area contributed by atoms with Gasteiger partial charge in [0.2, 0.25) is 0 Å². The molecule has 22 heavy (non-hydrogen) atoms. The molecule has 0 N–H and O–H groups in total. The molecule has 1 aromatic heterocycles. The van der Waals surface area contributed by atoms with Crippen molar-refractivity contribution in [1.82, 2.24) is 9.78 Å². The van der Waals surface area contributed by atoms with E-state index in [0.29, 0.717) is 14.5 Å². The van der Waals surface area contributed by atoms with Gasteiger partial charge in [-0.15, -0.1) is 0 Å². The minimum atomic E-state index is -0.512. The van der Waals surface area contributed by atoms with Crippen molar-refractivity contribution in [2.45, 2.75) is 0 Å². The average Bonchev–Trinajstić information content (AvgIpc) is 2.82. The average molecular weight is 447 g/mol. The molecule has 0 radical (unpaired) electrons. The Hall–Kier alpha value is -1.24. The number of halogens is 4. The molecule has 2 aromatic carbocycles. The van der Waals surface area contributed by atoms with Gasteiger partial charge >= 0.3 is 0 Å². The summed E-state index contributed by atoms with van der Waals surface area (Å²) < 4.78 is 16.2. The molecule has 0 saturated carbocycles. The molecule has 112 valence electrons. The third-order valence-corrected chi connectivity index (χ3v) is 4.99. The fourth-order valence-electron chi connectivity index (χ4n) is 2.23. The molecule has 0 aliphatic heterocycles. The second-order valence-corrected chi connectivity index (χ2v) is 6.79. The number of aromatic nitrogens is 2. The van der Waals surface area contributed by atoms with Gasteiger partial charge in [0.15, 0.2) is 5.78 Å². The molecule has 7 heteroatoms. The zero-order valence-electron chi connectivity index (χ0n) is 11.2. The van der Waals surface area contributed by atoms with Crippen molar-refractivity contribution in [3.63, 3.8) is 0 Å². The van der Waals surface area contributed by atoms with Gasteiger partial charge in [-0.2, -0.15) is 5.10 Å². The number of fused-ring (bicyclic) bond motifs is 1. The first kappa shape index (κ1) is 15.6. The van der Waals surface area contributed by atoms with E-state index in [0.717, 1.165) is 17.0 Å². The Balaban J connectivity index is 2.25. The van der Waals surface area contributed by atoms with E-state index < -0.39 is 5.82 Å². The van der Waals surface area contributed by atoms with Gasteiger partial charge in [-0.1, -0.05) is 11.6 Å². The van der Waals surface area contributed by atoms with E-state index in [1.54, 1.807) is 24.0 Å². The van der Waals surface area contributed by atoms with E-state index in [4.69, 9.17) is 11.6 Å². The molecule has 0 bridgehead atoms. The van der Waals surface area contributed by atoms with Crippen LogP contribution in [-0.2, 0) is 7.05 Å². The zero-order chi connectivity index (χ0) is 16.0. The fourth-order valence-corrected chi connectivity index (χ4v) is 3.99. The highest BCUT2D eigenvalue weighted by atomic mass is 79.9. The Morgan fingerprint density at radius 2 is 2.05 bits per heavy atom. The summed E-state index contributed by atoms with van der Waals surface area (Å²) in [6, 6.07) is 5.47. The molecule has 0 unspecified atom stereocenters. The Morgan fingerprint density at radius 3 is 2.77 bits per heavy atom. The third-order valence-electron chi connectivity index (χ3n) is 3.22. The Bertz CT molecular complexity index is 924. The molecule has 3 rings (SSSR count). The summed E-state index contributed by atoms with van der Waals surface area (Å²) in [6.45, 7) is 0. The van der Waals surface area contributed by atoms with Gasteiger partial charge in [0.25, 0.3) is 0 Å². The Labute approximate surface area is 147 Å². The number of aryl methyl sites for hydroxylation is 1. The van der Waals surface area contributed by atoms with Crippen LogP contribution in [0.3, 0.4) is 0 Å². The molecule has 3 nitrogen and oxygen atoms in total. The van der Waals surface area contributed by atoms with Crippen molar-refractivity contribution in [3.8, 4) is 0 Å². The molecule has 0 saturated heterocycles. The first-order valence-electron chi connectivity index (χ1n) is 6.19. The predicted octanol–water partition coefficient (Wildman–Crippen LogP) is 5.12. The van der Waals surface area contributed by atoms with Gasteiger partial charge < -0.3 is 0 Å². The van der Waals surface area contributed by atoms with Gasteiger partial charge in [0.1, 0.15) is 5.82 Å². The summed E-state index contributed by atoms with van der Waals surface area (Å²) in [6.07, 6.45) is 1.80. The van der Waals surface area contributed by atoms with Crippen LogP contribution in [0.4, 0.5) is 4.39 Å². The molecule has 0 amide bonds. The van der Waals surface area contributed by atoms with Gasteiger partial charge in [0.05, 0.1) is 16.1 Å². The van der Waals surface area contributed by atoms with Crippen LogP contribution in [0.15, 0.2) is 39.4 Å². The zero-order valence-corrected chi connectivity index (χ0v) is 15.1. The van der Waals surface area contributed by atoms with Crippen LogP contribution in [0.2, 0.25) is 5.02 Å². The number of carbonyl (C=O) groups excluding carboxylic acids is 1. The summed E-state index contributed by atoms with van der Waals surface area (Å²) in [7, 11) is 1.80. The van der Waals surface area contributed by atoms with E-state index in [2.05, 4.69) is 37.0 Å². The lowest BCUT2D eigenvalue weighted by molar-refractivity contribution is 0.103. The molecular weight excluding hydrogens is 438 g/mol. The fraction of sp³-hybridized carbons (Fsp3) is 0.0667. The van der Waals surface area contributed by atoms with Crippen LogP contribution in [-0.4, -0.2) is 15.6 Å². The minimum absolute atomic E-state index is 0.117. The number of carbonyl (C=O) groups is 1. The van der Waals surface area contributed by atoms with Gasteiger partial charge in [-0.3, -0.25) is 9.48 Å². The highest BCUT2D eigenvalue weighted by molar-refractivity contribution is 9.11. The Kier molecular flexibility index (Phi) is 4.09. The number of rotatable bonds is 2. The van der Waals surface area contributed by atoms with Crippen molar-refractivity contribution in [2.75, 3.05) is 0 Å². The highest BCUT2D eigenvalue weighted by Gasteiger charge is 2.22. The topological polar surface area (TPSA) is 34.9 Å². The van der Waals surface area contributed by atoms with Crippen molar-refractivity contribution in [2.24, 2.45) is 7.05 Å². The largest absolute Gasteiger partial charge is 0.288 e. The van der Waals surface area contributed by atoms with E-state index in [9.17, 15) is 9.18 Å². The summed E-state index contributed by atoms with van der Waals surface area (Å²) in [5.41, 5.74) is 1.24. The lowest BCUT2D eigenvalue weighted by Gasteiger charge is -2.09. The molecule has 0 aliphatic rings. The lowest BCUT2D eigenvalue weighted by atomic mass is 10.0. The second-order valence-electron chi connectivity index (χ2n) is 4.74. The SMILES string of the molecule is Cn1cc2c(Br)c(C(=O)c3cc(F)ccc3Cl)c(Br)cc2n1. The standard InChI is InChI=1S/C15H8Br2ClFN2O/c1-21-6-9-12(20-21)5-10(16)13(14(9)17)15(22)8-4-7(19)2-3-11(8)18/h2-6H,1H3. The maximum absolute atomic E-state index is 13.4. The molecule has 0 fully saturated rings. The summed E-state index contributed by atoms with van der Waals surface area (Å²) in [4.78, 5) is 12.8. The predicted molar refractivity (Wildman–Crippen MR) is 91.0 cm³/mol. The van der Waals surface area contributed by atoms with Crippen molar-refractivity contribution >= 4 is 60.1 Å². The summed E-state index contributed by atoms with van der Waals surface area (Å²) in [5, 5.41) is 5.30. The monoisotopic (exact) mass is 444 g/mol.